The van der Waals surface area contributed by atoms with Crippen LogP contribution in [0.3, 0.4) is 0 Å². The van der Waals surface area contributed by atoms with E-state index in [0.717, 1.165) is 18.4 Å². The van der Waals surface area contributed by atoms with Crippen molar-refractivity contribution in [2.75, 3.05) is 20.1 Å². The second-order valence-corrected chi connectivity index (χ2v) is 8.54. The lowest BCUT2D eigenvalue weighted by molar-refractivity contribution is -0.138. The standard InChI is InChI=1S/C21H28ClN3O3/c1-13(2)20(27)23-16-8-5-9-25(12-16)21(28)17-11-18(26)24(3)19(17)14-6-4-7-15(22)10-14/h4,6-7,10,13,16-17,19H,5,8-9,11-12H2,1-3H3,(H,23,27). The van der Waals surface area contributed by atoms with Crippen LogP contribution in [0, 0.1) is 11.8 Å². The Labute approximate surface area is 171 Å². The topological polar surface area (TPSA) is 69.7 Å². The first-order valence-electron chi connectivity index (χ1n) is 9.88. The molecule has 2 fully saturated rings. The van der Waals surface area contributed by atoms with Gasteiger partial charge in [0, 0.05) is 43.5 Å². The normalized spacial score (nSPS) is 25.3. The first-order chi connectivity index (χ1) is 13.3. The van der Waals surface area contributed by atoms with Gasteiger partial charge in [-0.1, -0.05) is 37.6 Å². The molecule has 3 unspecified atom stereocenters. The zero-order valence-electron chi connectivity index (χ0n) is 16.7. The Morgan fingerprint density at radius 2 is 2.04 bits per heavy atom. The van der Waals surface area contributed by atoms with Crippen molar-refractivity contribution in [2.24, 2.45) is 11.8 Å². The number of benzene rings is 1. The predicted octanol–water partition coefficient (Wildman–Crippen LogP) is 2.62. The third kappa shape index (κ3) is 4.32. The van der Waals surface area contributed by atoms with E-state index >= 15 is 0 Å². The SMILES string of the molecule is CC(C)C(=O)NC1CCCN(C(=O)C2CC(=O)N(C)C2c2cccc(Cl)c2)C1. The molecule has 0 bridgehead atoms. The number of halogens is 1. The molecule has 28 heavy (non-hydrogen) atoms. The van der Waals surface area contributed by atoms with Gasteiger partial charge in [-0.05, 0) is 30.5 Å². The number of carbonyl (C=O) groups is 3. The number of nitrogens with zero attached hydrogens (tertiary/aromatic N) is 2. The van der Waals surface area contributed by atoms with Gasteiger partial charge in [0.05, 0.1) is 12.0 Å². The van der Waals surface area contributed by atoms with Crippen molar-refractivity contribution in [3.8, 4) is 0 Å². The van der Waals surface area contributed by atoms with E-state index in [2.05, 4.69) is 5.32 Å². The van der Waals surface area contributed by atoms with Crippen LogP contribution in [0.2, 0.25) is 5.02 Å². The van der Waals surface area contributed by atoms with Crippen LogP contribution in [0.1, 0.15) is 44.7 Å². The molecule has 2 aliphatic rings. The number of rotatable bonds is 4. The molecule has 3 amide bonds. The lowest BCUT2D eigenvalue weighted by Gasteiger charge is -2.36. The van der Waals surface area contributed by atoms with E-state index < -0.39 is 5.92 Å². The highest BCUT2D eigenvalue weighted by Crippen LogP contribution is 2.39. The van der Waals surface area contributed by atoms with Gasteiger partial charge in [0.1, 0.15) is 0 Å². The second-order valence-electron chi connectivity index (χ2n) is 8.10. The average Bonchev–Trinajstić information content (AvgIpc) is 2.96. The van der Waals surface area contributed by atoms with Crippen LogP contribution in [-0.4, -0.2) is 53.7 Å². The summed E-state index contributed by atoms with van der Waals surface area (Å²) in [5.41, 5.74) is 0.876. The Kier molecular flexibility index (Phi) is 6.28. The third-order valence-electron chi connectivity index (χ3n) is 5.70. The van der Waals surface area contributed by atoms with Crippen LogP contribution >= 0.6 is 11.6 Å². The minimum Gasteiger partial charge on any atom is -0.351 e. The van der Waals surface area contributed by atoms with Crippen molar-refractivity contribution in [1.82, 2.24) is 15.1 Å². The van der Waals surface area contributed by atoms with Gasteiger partial charge in [0.15, 0.2) is 0 Å². The molecule has 0 radical (unpaired) electrons. The summed E-state index contributed by atoms with van der Waals surface area (Å²) in [6.07, 6.45) is 1.91. The smallest absolute Gasteiger partial charge is 0.228 e. The first kappa shape index (κ1) is 20.6. The summed E-state index contributed by atoms with van der Waals surface area (Å²) in [6.45, 7) is 4.87. The Bertz CT molecular complexity index is 767. The van der Waals surface area contributed by atoms with Gasteiger partial charge in [0.2, 0.25) is 17.7 Å². The van der Waals surface area contributed by atoms with Crippen molar-refractivity contribution in [3.05, 3.63) is 34.9 Å². The molecular weight excluding hydrogens is 378 g/mol. The molecule has 2 aliphatic heterocycles. The number of hydrogen-bond acceptors (Lipinski definition) is 3. The molecule has 6 nitrogen and oxygen atoms in total. The van der Waals surface area contributed by atoms with Crippen molar-refractivity contribution in [2.45, 2.75) is 45.2 Å². The van der Waals surface area contributed by atoms with Crippen LogP contribution in [0.25, 0.3) is 0 Å². The molecule has 0 saturated carbocycles. The number of nitrogens with one attached hydrogen (secondary N) is 1. The molecule has 7 heteroatoms. The summed E-state index contributed by atoms with van der Waals surface area (Å²) in [5.74, 6) is -0.571. The van der Waals surface area contributed by atoms with Gasteiger partial charge in [0.25, 0.3) is 0 Å². The average molecular weight is 406 g/mol. The van der Waals surface area contributed by atoms with Crippen molar-refractivity contribution in [3.63, 3.8) is 0 Å². The van der Waals surface area contributed by atoms with Crippen LogP contribution in [0.15, 0.2) is 24.3 Å². The molecule has 2 heterocycles. The van der Waals surface area contributed by atoms with Gasteiger partial charge in [-0.25, -0.2) is 0 Å². The van der Waals surface area contributed by atoms with Crippen LogP contribution in [0.4, 0.5) is 0 Å². The Hall–Kier alpha value is -2.08. The second kappa shape index (κ2) is 8.52. The molecule has 3 rings (SSSR count). The molecule has 1 aromatic rings. The minimum atomic E-state index is -0.435. The molecule has 0 aromatic heterocycles. The van der Waals surface area contributed by atoms with Crippen LogP contribution in [-0.2, 0) is 14.4 Å². The fourth-order valence-electron chi connectivity index (χ4n) is 4.14. The van der Waals surface area contributed by atoms with Crippen LogP contribution in [0.5, 0.6) is 0 Å². The summed E-state index contributed by atoms with van der Waals surface area (Å²) >= 11 is 6.14. The van der Waals surface area contributed by atoms with Gasteiger partial charge >= 0.3 is 0 Å². The van der Waals surface area contributed by atoms with E-state index in [-0.39, 0.29) is 42.1 Å². The molecule has 0 spiro atoms. The summed E-state index contributed by atoms with van der Waals surface area (Å²) in [5, 5.41) is 3.62. The maximum Gasteiger partial charge on any atom is 0.228 e. The van der Waals surface area contributed by atoms with E-state index in [4.69, 9.17) is 11.6 Å². The van der Waals surface area contributed by atoms with E-state index in [0.29, 0.717) is 18.1 Å². The van der Waals surface area contributed by atoms with E-state index in [9.17, 15) is 14.4 Å². The van der Waals surface area contributed by atoms with Gasteiger partial charge in [-0.3, -0.25) is 14.4 Å². The zero-order chi connectivity index (χ0) is 20.4. The Morgan fingerprint density at radius 1 is 1.29 bits per heavy atom. The quantitative estimate of drug-likeness (QED) is 0.837. The monoisotopic (exact) mass is 405 g/mol. The van der Waals surface area contributed by atoms with Gasteiger partial charge < -0.3 is 15.1 Å². The predicted molar refractivity (Wildman–Crippen MR) is 108 cm³/mol. The number of carbonyl (C=O) groups excluding carboxylic acids is 3. The largest absolute Gasteiger partial charge is 0.351 e. The van der Waals surface area contributed by atoms with Gasteiger partial charge in [-0.15, -0.1) is 0 Å². The van der Waals surface area contributed by atoms with E-state index in [1.807, 2.05) is 36.9 Å². The zero-order valence-corrected chi connectivity index (χ0v) is 17.4. The molecular formula is C21H28ClN3O3. The summed E-state index contributed by atoms with van der Waals surface area (Å²) in [6, 6.07) is 7.01. The molecule has 1 aromatic carbocycles. The number of hydrogen-bond donors (Lipinski definition) is 1. The Morgan fingerprint density at radius 3 is 2.71 bits per heavy atom. The molecule has 3 atom stereocenters. The highest BCUT2D eigenvalue weighted by molar-refractivity contribution is 6.30. The summed E-state index contributed by atoms with van der Waals surface area (Å²) in [7, 11) is 1.74. The minimum absolute atomic E-state index is 0.00637. The van der Waals surface area contributed by atoms with E-state index in [1.54, 1.807) is 18.0 Å². The number of likely N-dealkylation sites (tertiary alicyclic amines) is 2. The van der Waals surface area contributed by atoms with Crippen molar-refractivity contribution < 1.29 is 14.4 Å². The lowest BCUT2D eigenvalue weighted by Crippen LogP contribution is -2.52. The Balaban J connectivity index is 1.76. The number of amides is 3. The van der Waals surface area contributed by atoms with Crippen molar-refractivity contribution in [1.29, 1.82) is 0 Å². The maximum absolute atomic E-state index is 13.3. The first-order valence-corrected chi connectivity index (χ1v) is 10.3. The third-order valence-corrected chi connectivity index (χ3v) is 5.93. The van der Waals surface area contributed by atoms with Crippen LogP contribution < -0.4 is 5.32 Å². The molecule has 1 N–H and O–H groups in total. The van der Waals surface area contributed by atoms with Gasteiger partial charge in [-0.2, -0.15) is 0 Å². The fraction of sp³-hybridized carbons (Fsp3) is 0.571. The molecule has 2 saturated heterocycles. The lowest BCUT2D eigenvalue weighted by atomic mass is 9.91. The molecule has 0 aliphatic carbocycles. The van der Waals surface area contributed by atoms with E-state index in [1.165, 1.54) is 0 Å². The summed E-state index contributed by atoms with van der Waals surface area (Å²) in [4.78, 5) is 41.2. The molecule has 152 valence electrons. The highest BCUT2D eigenvalue weighted by atomic mass is 35.5. The fourth-order valence-corrected chi connectivity index (χ4v) is 4.33. The maximum atomic E-state index is 13.3. The number of piperidine rings is 1. The van der Waals surface area contributed by atoms with Crippen molar-refractivity contribution >= 4 is 29.3 Å². The highest BCUT2D eigenvalue weighted by Gasteiger charge is 2.44. The summed E-state index contributed by atoms with van der Waals surface area (Å²) < 4.78 is 0.